The number of para-hydroxylation sites is 1. The zero-order valence-corrected chi connectivity index (χ0v) is 16.8. The third-order valence-electron chi connectivity index (χ3n) is 5.14. The second kappa shape index (κ2) is 10.8. The highest BCUT2D eigenvalue weighted by molar-refractivity contribution is 5.76. The maximum Gasteiger partial charge on any atom is 0.221 e. The van der Waals surface area contributed by atoms with Gasteiger partial charge in [0.25, 0.3) is 0 Å². The minimum atomic E-state index is 0.109. The lowest BCUT2D eigenvalue weighted by Gasteiger charge is -2.23. The van der Waals surface area contributed by atoms with Gasteiger partial charge in [0.1, 0.15) is 11.9 Å². The van der Waals surface area contributed by atoms with E-state index < -0.39 is 0 Å². The summed E-state index contributed by atoms with van der Waals surface area (Å²) in [4.78, 5) is 18.7. The van der Waals surface area contributed by atoms with E-state index in [9.17, 15) is 4.79 Å². The Labute approximate surface area is 168 Å². The number of hydrogen-bond acceptors (Lipinski definition) is 4. The fourth-order valence-electron chi connectivity index (χ4n) is 3.56. The van der Waals surface area contributed by atoms with E-state index in [1.54, 1.807) is 12.4 Å². The fourth-order valence-corrected chi connectivity index (χ4v) is 3.56. The molecule has 1 amide bonds. The van der Waals surface area contributed by atoms with Gasteiger partial charge in [0.05, 0.1) is 0 Å². The topological polar surface area (TPSA) is 54.5 Å². The summed E-state index contributed by atoms with van der Waals surface area (Å²) in [5.74, 6) is 1.10. The summed E-state index contributed by atoms with van der Waals surface area (Å²) in [6.45, 7) is 5.33. The molecule has 2 aromatic rings. The summed E-state index contributed by atoms with van der Waals surface area (Å²) in [6, 6.07) is 12.2. The second-order valence-electron chi connectivity index (χ2n) is 7.43. The first kappa shape index (κ1) is 20.3. The first-order chi connectivity index (χ1) is 13.7. The van der Waals surface area contributed by atoms with Gasteiger partial charge in [-0.1, -0.05) is 31.5 Å². The van der Waals surface area contributed by atoms with E-state index in [1.807, 2.05) is 18.2 Å². The van der Waals surface area contributed by atoms with Crippen molar-refractivity contribution in [1.29, 1.82) is 0 Å². The maximum absolute atomic E-state index is 12.3. The van der Waals surface area contributed by atoms with Crippen LogP contribution in [0, 0.1) is 0 Å². The number of carbonyl (C=O) groups excluding carboxylic acids is 1. The zero-order chi connectivity index (χ0) is 19.6. The number of nitrogens with zero attached hydrogens (tertiary/aromatic N) is 2. The van der Waals surface area contributed by atoms with Crippen molar-refractivity contribution in [2.24, 2.45) is 0 Å². The Balaban J connectivity index is 1.48. The molecule has 1 aliphatic heterocycles. The van der Waals surface area contributed by atoms with E-state index in [2.05, 4.69) is 40.3 Å². The molecule has 5 heteroatoms. The average molecular weight is 382 g/mol. The summed E-state index contributed by atoms with van der Waals surface area (Å²) in [6.07, 6.45) is 8.49. The van der Waals surface area contributed by atoms with Crippen LogP contribution in [0.5, 0.6) is 5.75 Å². The SMILES string of the molecule is CCCC[C@H]1CN(CCC(=O)NCCc2ccncc2)Cc2ccccc2O1. The van der Waals surface area contributed by atoms with Crippen molar-refractivity contribution in [1.82, 2.24) is 15.2 Å². The lowest BCUT2D eigenvalue weighted by molar-refractivity contribution is -0.121. The molecule has 0 unspecified atom stereocenters. The molecule has 150 valence electrons. The standard InChI is InChI=1S/C23H31N3O2/c1-2-3-7-21-18-26(17-20-6-4-5-8-22(20)28-21)16-12-23(27)25-15-11-19-9-13-24-14-10-19/h4-6,8-10,13-14,21H,2-3,7,11-12,15-18H2,1H3,(H,25,27)/t21-/m0/s1. The van der Waals surface area contributed by atoms with Crippen LogP contribution in [0.15, 0.2) is 48.8 Å². The monoisotopic (exact) mass is 381 g/mol. The second-order valence-corrected chi connectivity index (χ2v) is 7.43. The van der Waals surface area contributed by atoms with Crippen LogP contribution in [0.4, 0.5) is 0 Å². The van der Waals surface area contributed by atoms with E-state index in [-0.39, 0.29) is 12.0 Å². The molecule has 0 fully saturated rings. The lowest BCUT2D eigenvalue weighted by atomic mass is 10.1. The molecule has 5 nitrogen and oxygen atoms in total. The van der Waals surface area contributed by atoms with Crippen LogP contribution in [0.2, 0.25) is 0 Å². The van der Waals surface area contributed by atoms with Crippen molar-refractivity contribution in [2.75, 3.05) is 19.6 Å². The summed E-state index contributed by atoms with van der Waals surface area (Å²) >= 11 is 0. The molecular formula is C23H31N3O2. The Morgan fingerprint density at radius 3 is 2.89 bits per heavy atom. The normalized spacial score (nSPS) is 16.7. The van der Waals surface area contributed by atoms with Crippen LogP contribution >= 0.6 is 0 Å². The Morgan fingerprint density at radius 2 is 2.07 bits per heavy atom. The molecule has 1 aliphatic rings. The van der Waals surface area contributed by atoms with Crippen LogP contribution < -0.4 is 10.1 Å². The summed E-state index contributed by atoms with van der Waals surface area (Å²) in [7, 11) is 0. The van der Waals surface area contributed by atoms with Crippen LogP contribution in [0.1, 0.15) is 43.7 Å². The number of nitrogens with one attached hydrogen (secondary N) is 1. The highest BCUT2D eigenvalue weighted by Gasteiger charge is 2.22. The first-order valence-corrected chi connectivity index (χ1v) is 10.4. The molecular weight excluding hydrogens is 350 g/mol. The van der Waals surface area contributed by atoms with Gasteiger partial charge in [-0.25, -0.2) is 0 Å². The third kappa shape index (κ3) is 6.34. The van der Waals surface area contributed by atoms with Crippen LogP contribution in [0.25, 0.3) is 0 Å². The van der Waals surface area contributed by atoms with Gasteiger partial charge >= 0.3 is 0 Å². The molecule has 0 aliphatic carbocycles. The highest BCUT2D eigenvalue weighted by Crippen LogP contribution is 2.26. The molecule has 3 rings (SSSR count). The summed E-state index contributed by atoms with van der Waals surface area (Å²) in [5.41, 5.74) is 2.40. The van der Waals surface area contributed by atoms with E-state index in [1.165, 1.54) is 17.5 Å². The molecule has 0 saturated heterocycles. The molecule has 1 aromatic heterocycles. The molecule has 1 aromatic carbocycles. The minimum absolute atomic E-state index is 0.109. The fraction of sp³-hybridized carbons (Fsp3) is 0.478. The Hall–Kier alpha value is -2.40. The van der Waals surface area contributed by atoms with Crippen molar-refractivity contribution in [3.63, 3.8) is 0 Å². The van der Waals surface area contributed by atoms with E-state index >= 15 is 0 Å². The number of carbonyl (C=O) groups is 1. The highest BCUT2D eigenvalue weighted by atomic mass is 16.5. The Kier molecular flexibility index (Phi) is 7.85. The number of amides is 1. The van der Waals surface area contributed by atoms with Crippen molar-refractivity contribution >= 4 is 5.91 Å². The number of pyridine rings is 1. The summed E-state index contributed by atoms with van der Waals surface area (Å²) in [5, 5.41) is 3.03. The number of fused-ring (bicyclic) bond motifs is 1. The van der Waals surface area contributed by atoms with Crippen molar-refractivity contribution in [2.45, 2.75) is 51.7 Å². The predicted molar refractivity (Wildman–Crippen MR) is 111 cm³/mol. The molecule has 1 N–H and O–H groups in total. The van der Waals surface area contributed by atoms with Gasteiger partial charge in [0.2, 0.25) is 5.91 Å². The van der Waals surface area contributed by atoms with Crippen LogP contribution in [-0.4, -0.2) is 41.5 Å². The van der Waals surface area contributed by atoms with Gasteiger partial charge in [-0.2, -0.15) is 0 Å². The first-order valence-electron chi connectivity index (χ1n) is 10.4. The van der Waals surface area contributed by atoms with Crippen molar-refractivity contribution in [3.05, 3.63) is 59.9 Å². The van der Waals surface area contributed by atoms with Crippen LogP contribution in [0.3, 0.4) is 0 Å². The average Bonchev–Trinajstić information content (AvgIpc) is 2.90. The quantitative estimate of drug-likeness (QED) is 0.721. The van der Waals surface area contributed by atoms with Gasteiger partial charge < -0.3 is 10.1 Å². The minimum Gasteiger partial charge on any atom is -0.489 e. The smallest absolute Gasteiger partial charge is 0.221 e. The van der Waals surface area contributed by atoms with Gasteiger partial charge in [0, 0.05) is 50.6 Å². The molecule has 2 heterocycles. The maximum atomic E-state index is 12.3. The zero-order valence-electron chi connectivity index (χ0n) is 16.8. The van der Waals surface area contributed by atoms with E-state index in [4.69, 9.17) is 4.74 Å². The number of rotatable bonds is 9. The molecule has 0 saturated carbocycles. The van der Waals surface area contributed by atoms with Gasteiger partial charge in [0.15, 0.2) is 0 Å². The number of aromatic nitrogens is 1. The van der Waals surface area contributed by atoms with Crippen molar-refractivity contribution in [3.8, 4) is 5.75 Å². The molecule has 28 heavy (non-hydrogen) atoms. The number of unbranched alkanes of at least 4 members (excludes halogenated alkanes) is 1. The Bertz CT molecular complexity index is 736. The predicted octanol–water partition coefficient (Wildman–Crippen LogP) is 3.58. The lowest BCUT2D eigenvalue weighted by Crippen LogP contribution is -2.36. The molecule has 0 bridgehead atoms. The number of hydrogen-bond donors (Lipinski definition) is 1. The largest absolute Gasteiger partial charge is 0.489 e. The van der Waals surface area contributed by atoms with Crippen molar-refractivity contribution < 1.29 is 9.53 Å². The number of ether oxygens (including phenoxy) is 1. The van der Waals surface area contributed by atoms with Crippen LogP contribution in [-0.2, 0) is 17.8 Å². The van der Waals surface area contributed by atoms with E-state index in [0.29, 0.717) is 13.0 Å². The van der Waals surface area contributed by atoms with E-state index in [0.717, 1.165) is 44.6 Å². The molecule has 1 atom stereocenters. The van der Waals surface area contributed by atoms with Gasteiger partial charge in [-0.05, 0) is 43.0 Å². The third-order valence-corrected chi connectivity index (χ3v) is 5.14. The Morgan fingerprint density at radius 1 is 1.25 bits per heavy atom. The molecule has 0 spiro atoms. The summed E-state index contributed by atoms with van der Waals surface area (Å²) < 4.78 is 6.26. The van der Waals surface area contributed by atoms with Gasteiger partial charge in [-0.3, -0.25) is 14.7 Å². The number of benzene rings is 1. The molecule has 0 radical (unpaired) electrons. The van der Waals surface area contributed by atoms with Gasteiger partial charge in [-0.15, -0.1) is 0 Å².